The molecule has 18 heavy (non-hydrogen) atoms. The van der Waals surface area contributed by atoms with Crippen molar-refractivity contribution < 1.29 is 22.1 Å². The highest BCUT2D eigenvalue weighted by atomic mass is 79.9. The van der Waals surface area contributed by atoms with E-state index in [-0.39, 0.29) is 17.0 Å². The molecule has 0 aliphatic heterocycles. The molecule has 112 valence electrons. The summed E-state index contributed by atoms with van der Waals surface area (Å²) in [6, 6.07) is 0.894. The van der Waals surface area contributed by atoms with Gasteiger partial charge >= 0.3 is 17.4 Å². The Hall–Kier alpha value is 0.714. The first kappa shape index (κ1) is 21.0. The van der Waals surface area contributed by atoms with Gasteiger partial charge in [-0.3, -0.25) is 0 Å². The van der Waals surface area contributed by atoms with Crippen LogP contribution in [0.4, 0.5) is 0 Å². The van der Waals surface area contributed by atoms with Crippen LogP contribution in [0, 0.1) is 5.92 Å². The minimum atomic E-state index is -2.65. The maximum absolute atomic E-state index is 5.67. The topological polar surface area (TPSA) is 46.2 Å². The minimum Gasteiger partial charge on any atom is -0.398 e. The molecular formula is C10H27BrO5Si2. The van der Waals surface area contributed by atoms with Gasteiger partial charge < -0.3 is 22.1 Å². The minimum absolute atomic E-state index is 0. The van der Waals surface area contributed by atoms with Crippen LogP contribution in [0.25, 0.3) is 0 Å². The van der Waals surface area contributed by atoms with Crippen LogP contribution in [-0.2, 0) is 22.1 Å². The van der Waals surface area contributed by atoms with Gasteiger partial charge in [-0.25, -0.2) is 0 Å². The molecular weight excluding hydrogens is 336 g/mol. The lowest BCUT2D eigenvalue weighted by Crippen LogP contribution is -2.55. The lowest BCUT2D eigenvalue weighted by molar-refractivity contribution is 0.122. The Morgan fingerprint density at radius 1 is 0.778 bits per heavy atom. The van der Waals surface area contributed by atoms with Crippen molar-refractivity contribution in [2.45, 2.75) is 25.6 Å². The van der Waals surface area contributed by atoms with Gasteiger partial charge in [0.15, 0.2) is 0 Å². The van der Waals surface area contributed by atoms with E-state index in [0.717, 1.165) is 6.04 Å². The zero-order valence-corrected chi connectivity index (χ0v) is 16.2. The van der Waals surface area contributed by atoms with Gasteiger partial charge in [-0.1, -0.05) is 13.8 Å². The molecule has 0 N–H and O–H groups in total. The fourth-order valence-electron chi connectivity index (χ4n) is 1.88. The summed E-state index contributed by atoms with van der Waals surface area (Å²) < 4.78 is 27.7. The summed E-state index contributed by atoms with van der Waals surface area (Å²) in [5.74, 6) is 0.499. The Balaban J connectivity index is 0. The van der Waals surface area contributed by atoms with E-state index in [4.69, 9.17) is 22.1 Å². The smallest absolute Gasteiger partial charge is 0.398 e. The summed E-state index contributed by atoms with van der Waals surface area (Å²) in [7, 11) is 3.25. The fourth-order valence-corrected chi connectivity index (χ4v) is 10.2. The molecule has 0 spiro atoms. The van der Waals surface area contributed by atoms with Crippen LogP contribution in [0.3, 0.4) is 0 Å². The average Bonchev–Trinajstić information content (AvgIpc) is 2.34. The van der Waals surface area contributed by atoms with Crippen molar-refractivity contribution in [1.82, 2.24) is 0 Å². The quantitative estimate of drug-likeness (QED) is 0.589. The molecule has 0 saturated carbocycles. The van der Waals surface area contributed by atoms with Crippen molar-refractivity contribution in [3.8, 4) is 0 Å². The van der Waals surface area contributed by atoms with Crippen molar-refractivity contribution in [3.05, 3.63) is 0 Å². The normalized spacial score (nSPS) is 12.7. The van der Waals surface area contributed by atoms with Crippen molar-refractivity contribution in [3.63, 3.8) is 0 Å². The number of halogens is 1. The Morgan fingerprint density at radius 2 is 1.17 bits per heavy atom. The summed E-state index contributed by atoms with van der Waals surface area (Å²) in [5.41, 5.74) is 0.606. The first-order chi connectivity index (χ1) is 7.93. The van der Waals surface area contributed by atoms with Crippen LogP contribution < -0.4 is 0 Å². The van der Waals surface area contributed by atoms with Crippen molar-refractivity contribution in [2.75, 3.05) is 35.5 Å². The number of rotatable bonds is 9. The highest BCUT2D eigenvalue weighted by Crippen LogP contribution is 2.28. The Morgan fingerprint density at radius 3 is 1.39 bits per heavy atom. The van der Waals surface area contributed by atoms with Gasteiger partial charge in [0.2, 0.25) is 0 Å². The highest BCUT2D eigenvalue weighted by Gasteiger charge is 2.51. The molecule has 0 aliphatic rings. The third-order valence-corrected chi connectivity index (χ3v) is 11.6. The Bertz CT molecular complexity index is 202. The molecule has 0 bridgehead atoms. The molecule has 0 heterocycles. The molecule has 0 saturated heterocycles. The fraction of sp³-hybridized carbons (Fsp3) is 1.00. The molecule has 0 aromatic rings. The van der Waals surface area contributed by atoms with E-state index >= 15 is 0 Å². The maximum atomic E-state index is 5.67. The van der Waals surface area contributed by atoms with Gasteiger partial charge in [-0.15, -0.1) is 17.0 Å². The standard InChI is InChI=1S/C10H26O5Si2.BrH/c1-10(2)8-16(11-3,12-4)9-17(13-5,14-6)15-7;/h10H,8-9H2,1-7H3;1H. The zero-order chi connectivity index (χ0) is 13.5. The summed E-state index contributed by atoms with van der Waals surface area (Å²) >= 11 is 0. The molecule has 0 rings (SSSR count). The summed E-state index contributed by atoms with van der Waals surface area (Å²) in [6.07, 6.45) is 0. The number of hydrogen-bond donors (Lipinski definition) is 0. The second-order valence-corrected chi connectivity index (χ2v) is 11.4. The largest absolute Gasteiger partial charge is 0.502 e. The van der Waals surface area contributed by atoms with E-state index in [1.165, 1.54) is 0 Å². The summed E-state index contributed by atoms with van der Waals surface area (Å²) in [4.78, 5) is 0. The molecule has 0 aromatic heterocycles. The second-order valence-electron chi connectivity index (χ2n) is 4.39. The predicted octanol–water partition coefficient (Wildman–Crippen LogP) is 2.37. The van der Waals surface area contributed by atoms with Crippen molar-refractivity contribution in [1.29, 1.82) is 0 Å². The van der Waals surface area contributed by atoms with Crippen molar-refractivity contribution >= 4 is 34.3 Å². The first-order valence-electron chi connectivity index (χ1n) is 5.69. The van der Waals surface area contributed by atoms with E-state index in [0.29, 0.717) is 11.6 Å². The molecule has 0 fully saturated rings. The summed E-state index contributed by atoms with van der Waals surface area (Å²) in [5, 5.41) is 0. The molecule has 0 aliphatic carbocycles. The lowest BCUT2D eigenvalue weighted by atomic mass is 10.3. The summed E-state index contributed by atoms with van der Waals surface area (Å²) in [6.45, 7) is 4.30. The van der Waals surface area contributed by atoms with Gasteiger partial charge in [-0.05, 0) is 12.0 Å². The van der Waals surface area contributed by atoms with Gasteiger partial charge in [0.25, 0.3) is 0 Å². The monoisotopic (exact) mass is 362 g/mol. The molecule has 0 radical (unpaired) electrons. The SMILES string of the molecule is Br.CO[Si](CC(C)C)(C[Si](OC)(OC)OC)OC. The number of hydrogen-bond acceptors (Lipinski definition) is 5. The van der Waals surface area contributed by atoms with Gasteiger partial charge in [0.1, 0.15) is 0 Å². The van der Waals surface area contributed by atoms with Crippen LogP contribution in [0.5, 0.6) is 0 Å². The average molecular weight is 363 g/mol. The predicted molar refractivity (Wildman–Crippen MR) is 81.3 cm³/mol. The third-order valence-electron chi connectivity index (χ3n) is 2.88. The molecule has 5 nitrogen and oxygen atoms in total. The lowest BCUT2D eigenvalue weighted by Gasteiger charge is -2.34. The maximum Gasteiger partial charge on any atom is 0.502 e. The van der Waals surface area contributed by atoms with E-state index in [1.807, 2.05) is 0 Å². The van der Waals surface area contributed by atoms with E-state index < -0.39 is 17.4 Å². The van der Waals surface area contributed by atoms with E-state index in [2.05, 4.69) is 13.8 Å². The second kappa shape index (κ2) is 9.59. The van der Waals surface area contributed by atoms with Crippen LogP contribution in [0.1, 0.15) is 13.8 Å². The van der Waals surface area contributed by atoms with Gasteiger partial charge in [-0.2, -0.15) is 0 Å². The highest BCUT2D eigenvalue weighted by molar-refractivity contribution is 8.93. The zero-order valence-electron chi connectivity index (χ0n) is 12.4. The molecule has 0 atom stereocenters. The van der Waals surface area contributed by atoms with Crippen LogP contribution >= 0.6 is 17.0 Å². The third kappa shape index (κ3) is 5.78. The molecule has 0 amide bonds. The Kier molecular flexibility index (Phi) is 11.2. The molecule has 8 heteroatoms. The van der Waals surface area contributed by atoms with Gasteiger partial charge in [0, 0.05) is 35.5 Å². The Labute approximate surface area is 123 Å². The van der Waals surface area contributed by atoms with Gasteiger partial charge in [0.05, 0.1) is 5.67 Å². The van der Waals surface area contributed by atoms with E-state index in [1.54, 1.807) is 35.5 Å². The van der Waals surface area contributed by atoms with Crippen LogP contribution in [0.15, 0.2) is 0 Å². The van der Waals surface area contributed by atoms with E-state index in [9.17, 15) is 0 Å². The molecule has 0 unspecified atom stereocenters. The van der Waals surface area contributed by atoms with Crippen molar-refractivity contribution in [2.24, 2.45) is 5.92 Å². The molecule has 0 aromatic carbocycles. The first-order valence-corrected chi connectivity index (χ1v) is 9.85. The van der Waals surface area contributed by atoms with Crippen LogP contribution in [-0.4, -0.2) is 52.9 Å². The van der Waals surface area contributed by atoms with Crippen LogP contribution in [0.2, 0.25) is 11.7 Å².